The molecule has 0 saturated heterocycles. The van der Waals surface area contributed by atoms with Gasteiger partial charge in [0.25, 0.3) is 0 Å². The molecule has 2 aromatic carbocycles. The number of ether oxygens (including phenoxy) is 2. The van der Waals surface area contributed by atoms with Crippen LogP contribution >= 0.6 is 0 Å². The van der Waals surface area contributed by atoms with Crippen molar-refractivity contribution in [2.45, 2.75) is 6.92 Å². The average Bonchev–Trinajstić information content (AvgIpc) is 3.16. The van der Waals surface area contributed by atoms with E-state index in [2.05, 4.69) is 4.98 Å². The Morgan fingerprint density at radius 3 is 2.61 bits per heavy atom. The molecule has 0 bridgehead atoms. The van der Waals surface area contributed by atoms with Crippen LogP contribution in [0.15, 0.2) is 42.2 Å². The van der Waals surface area contributed by atoms with Gasteiger partial charge in [-0.25, -0.2) is 4.98 Å². The number of aliphatic hydroxyl groups excluding tert-OH is 1. The van der Waals surface area contributed by atoms with Gasteiger partial charge in [0.1, 0.15) is 28.9 Å². The molecule has 7 heteroatoms. The number of hydrogen-bond donors (Lipinski definition) is 2. The van der Waals surface area contributed by atoms with E-state index >= 15 is 0 Å². The zero-order valence-electron chi connectivity index (χ0n) is 16.3. The smallest absolute Gasteiger partial charge is 0.148 e. The summed E-state index contributed by atoms with van der Waals surface area (Å²) in [6, 6.07) is 11.4. The molecule has 0 unspecified atom stereocenters. The monoisotopic (exact) mass is 378 g/mol. The topological polar surface area (TPSA) is 83.6 Å². The molecule has 0 amide bonds. The lowest BCUT2D eigenvalue weighted by Gasteiger charge is -2.22. The van der Waals surface area contributed by atoms with Crippen molar-refractivity contribution >= 4 is 28.1 Å². The minimum absolute atomic E-state index is 0.110. The molecule has 0 saturated carbocycles. The van der Waals surface area contributed by atoms with Crippen LogP contribution in [-0.2, 0) is 7.05 Å². The van der Waals surface area contributed by atoms with E-state index in [4.69, 9.17) is 14.9 Å². The standard InChI is InChI=1S/C21H22N4O3/c1-12-5-8-18(28-4)16(9-12)25-11-17(26)19(20(25)22)21-23-14-10-13(27-3)6-7-15(14)24(21)2/h5-10,22,26H,11H2,1-4H3. The Balaban J connectivity index is 1.79. The normalized spacial score (nSPS) is 14.3. The lowest BCUT2D eigenvalue weighted by molar-refractivity contribution is 0.406. The summed E-state index contributed by atoms with van der Waals surface area (Å²) in [4.78, 5) is 6.39. The fourth-order valence-electron chi connectivity index (χ4n) is 3.56. The fraction of sp³-hybridized carbons (Fsp3) is 0.238. The predicted octanol–water partition coefficient (Wildman–Crippen LogP) is 3.67. The van der Waals surface area contributed by atoms with Gasteiger partial charge in [-0.3, -0.25) is 5.41 Å². The Kier molecular flexibility index (Phi) is 4.22. The highest BCUT2D eigenvalue weighted by molar-refractivity contribution is 6.30. The molecule has 144 valence electrons. The van der Waals surface area contributed by atoms with Crippen LogP contribution < -0.4 is 14.4 Å². The number of imidazole rings is 1. The summed E-state index contributed by atoms with van der Waals surface area (Å²) >= 11 is 0. The number of fused-ring (bicyclic) bond motifs is 1. The summed E-state index contributed by atoms with van der Waals surface area (Å²) in [5.74, 6) is 2.20. The molecule has 2 heterocycles. The number of aliphatic hydroxyl groups is 1. The van der Waals surface area contributed by atoms with Gasteiger partial charge in [0.05, 0.1) is 43.1 Å². The number of methoxy groups -OCH3 is 2. The summed E-state index contributed by atoms with van der Waals surface area (Å²) in [7, 11) is 5.08. The van der Waals surface area contributed by atoms with Gasteiger partial charge in [-0.2, -0.15) is 0 Å². The number of aromatic nitrogens is 2. The summed E-state index contributed by atoms with van der Waals surface area (Å²) in [6.45, 7) is 2.18. The van der Waals surface area contributed by atoms with Crippen LogP contribution in [0.5, 0.6) is 11.5 Å². The van der Waals surface area contributed by atoms with Crippen molar-refractivity contribution in [1.29, 1.82) is 5.41 Å². The second kappa shape index (κ2) is 6.60. The van der Waals surface area contributed by atoms with Crippen LogP contribution in [0.1, 0.15) is 11.4 Å². The average molecular weight is 378 g/mol. The van der Waals surface area contributed by atoms with Gasteiger partial charge in [0.15, 0.2) is 0 Å². The first-order chi connectivity index (χ1) is 13.4. The fourth-order valence-corrected chi connectivity index (χ4v) is 3.56. The lowest BCUT2D eigenvalue weighted by Crippen LogP contribution is -2.27. The van der Waals surface area contributed by atoms with Gasteiger partial charge in [-0.1, -0.05) is 6.07 Å². The van der Waals surface area contributed by atoms with Gasteiger partial charge < -0.3 is 24.0 Å². The maximum Gasteiger partial charge on any atom is 0.148 e. The highest BCUT2D eigenvalue weighted by Crippen LogP contribution is 2.37. The van der Waals surface area contributed by atoms with Crippen molar-refractivity contribution in [3.63, 3.8) is 0 Å². The molecule has 4 rings (SSSR count). The quantitative estimate of drug-likeness (QED) is 0.724. The number of hydrogen-bond acceptors (Lipinski definition) is 5. The van der Waals surface area contributed by atoms with E-state index in [0.29, 0.717) is 22.9 Å². The SMILES string of the molecule is COc1ccc2c(c1)nc(C1=C(O)CN(c3cc(C)ccc3OC)C1=N)n2C. The third-order valence-electron chi connectivity index (χ3n) is 5.04. The van der Waals surface area contributed by atoms with Crippen molar-refractivity contribution < 1.29 is 14.6 Å². The first-order valence-corrected chi connectivity index (χ1v) is 8.88. The Hall–Kier alpha value is -3.48. The van der Waals surface area contributed by atoms with Gasteiger partial charge in [0, 0.05) is 13.1 Å². The van der Waals surface area contributed by atoms with E-state index < -0.39 is 0 Å². The number of aryl methyl sites for hydroxylation is 2. The van der Waals surface area contributed by atoms with Crippen molar-refractivity contribution in [3.8, 4) is 11.5 Å². The molecule has 7 nitrogen and oxygen atoms in total. The van der Waals surface area contributed by atoms with Crippen molar-refractivity contribution in [2.24, 2.45) is 7.05 Å². The van der Waals surface area contributed by atoms with Gasteiger partial charge in [-0.15, -0.1) is 0 Å². The van der Waals surface area contributed by atoms with E-state index in [9.17, 15) is 5.11 Å². The molecule has 0 spiro atoms. The van der Waals surface area contributed by atoms with Crippen molar-refractivity contribution in [2.75, 3.05) is 25.7 Å². The second-order valence-corrected chi connectivity index (χ2v) is 6.78. The molecule has 0 aliphatic carbocycles. The number of benzene rings is 2. The van der Waals surface area contributed by atoms with E-state index in [-0.39, 0.29) is 18.1 Å². The highest BCUT2D eigenvalue weighted by Gasteiger charge is 2.33. The summed E-state index contributed by atoms with van der Waals surface area (Å²) in [6.07, 6.45) is 0. The highest BCUT2D eigenvalue weighted by atomic mass is 16.5. The van der Waals surface area contributed by atoms with Crippen LogP contribution in [-0.4, -0.2) is 41.3 Å². The molecular weight excluding hydrogens is 356 g/mol. The van der Waals surface area contributed by atoms with Crippen LogP contribution in [0.2, 0.25) is 0 Å². The molecule has 1 aromatic heterocycles. The van der Waals surface area contributed by atoms with Crippen LogP contribution in [0.3, 0.4) is 0 Å². The first-order valence-electron chi connectivity index (χ1n) is 8.88. The molecule has 1 aliphatic heterocycles. The Bertz CT molecular complexity index is 1130. The minimum atomic E-state index is 0.110. The Morgan fingerprint density at radius 2 is 1.89 bits per heavy atom. The van der Waals surface area contributed by atoms with Crippen LogP contribution in [0.25, 0.3) is 16.6 Å². The summed E-state index contributed by atoms with van der Waals surface area (Å²) < 4.78 is 12.6. The van der Waals surface area contributed by atoms with Crippen molar-refractivity contribution in [1.82, 2.24) is 9.55 Å². The van der Waals surface area contributed by atoms with E-state index in [1.165, 1.54) is 0 Å². The number of nitrogens with one attached hydrogen (secondary N) is 1. The van der Waals surface area contributed by atoms with Gasteiger partial charge in [-0.05, 0) is 36.8 Å². The molecular formula is C21H22N4O3. The molecule has 2 N–H and O–H groups in total. The summed E-state index contributed by atoms with van der Waals surface area (Å²) in [5.41, 5.74) is 3.86. The second-order valence-electron chi connectivity index (χ2n) is 6.78. The minimum Gasteiger partial charge on any atom is -0.509 e. The Labute approximate surface area is 162 Å². The molecule has 3 aromatic rings. The third-order valence-corrected chi connectivity index (χ3v) is 5.04. The molecule has 0 fully saturated rings. The van der Waals surface area contributed by atoms with E-state index in [1.807, 2.05) is 54.9 Å². The molecule has 28 heavy (non-hydrogen) atoms. The molecule has 0 atom stereocenters. The van der Waals surface area contributed by atoms with E-state index in [0.717, 1.165) is 22.3 Å². The molecule has 0 radical (unpaired) electrons. The first kappa shape index (κ1) is 17.9. The largest absolute Gasteiger partial charge is 0.509 e. The van der Waals surface area contributed by atoms with Crippen LogP contribution in [0, 0.1) is 12.3 Å². The van der Waals surface area contributed by atoms with E-state index in [1.54, 1.807) is 19.1 Å². The van der Waals surface area contributed by atoms with Crippen LogP contribution in [0.4, 0.5) is 5.69 Å². The zero-order chi connectivity index (χ0) is 20.0. The number of rotatable bonds is 4. The number of nitrogens with zero attached hydrogens (tertiary/aromatic N) is 3. The van der Waals surface area contributed by atoms with Gasteiger partial charge in [0.2, 0.25) is 0 Å². The summed E-state index contributed by atoms with van der Waals surface area (Å²) in [5, 5.41) is 19.4. The maximum atomic E-state index is 10.7. The number of anilines is 1. The molecule has 1 aliphatic rings. The third kappa shape index (κ3) is 2.67. The van der Waals surface area contributed by atoms with Gasteiger partial charge >= 0.3 is 0 Å². The van der Waals surface area contributed by atoms with Crippen molar-refractivity contribution in [3.05, 3.63) is 53.5 Å². The zero-order valence-corrected chi connectivity index (χ0v) is 16.3. The number of amidine groups is 1. The Morgan fingerprint density at radius 1 is 1.11 bits per heavy atom. The maximum absolute atomic E-state index is 10.7. The lowest BCUT2D eigenvalue weighted by atomic mass is 10.2. The predicted molar refractivity (Wildman–Crippen MR) is 110 cm³/mol.